The normalized spacial score (nSPS) is 9.05. The van der Waals surface area contributed by atoms with E-state index in [1.54, 1.807) is 24.3 Å². The summed E-state index contributed by atoms with van der Waals surface area (Å²) in [4.78, 5) is 32.5. The highest BCUT2D eigenvalue weighted by atomic mass is 16.4. The van der Waals surface area contributed by atoms with Crippen LogP contribution in [0, 0.1) is 11.8 Å². The molecule has 0 saturated carbocycles. The molecule has 2 amide bonds. The van der Waals surface area contributed by atoms with Crippen LogP contribution < -0.4 is 10.6 Å². The molecule has 0 aliphatic heterocycles. The van der Waals surface area contributed by atoms with Crippen molar-refractivity contribution in [3.8, 4) is 11.8 Å². The van der Waals surface area contributed by atoms with E-state index in [-0.39, 0.29) is 12.5 Å². The minimum Gasteiger partial charge on any atom is -0.480 e. The molecule has 0 unspecified atom stereocenters. The van der Waals surface area contributed by atoms with Crippen molar-refractivity contribution < 1.29 is 19.5 Å². The summed E-state index contributed by atoms with van der Waals surface area (Å²) in [6, 6.07) is 6.41. The number of carboxylic acid groups (broad SMARTS) is 1. The molecule has 0 saturated heterocycles. The molecule has 1 aromatic rings. The van der Waals surface area contributed by atoms with Crippen molar-refractivity contribution in [2.45, 2.75) is 6.92 Å². The second-order valence-corrected chi connectivity index (χ2v) is 3.87. The molecule has 0 fully saturated rings. The van der Waals surface area contributed by atoms with Gasteiger partial charge >= 0.3 is 5.97 Å². The van der Waals surface area contributed by atoms with E-state index in [1.807, 2.05) is 0 Å². The van der Waals surface area contributed by atoms with Gasteiger partial charge in [0.25, 0.3) is 5.91 Å². The van der Waals surface area contributed by atoms with E-state index in [4.69, 9.17) is 5.11 Å². The molecule has 0 heterocycles. The Morgan fingerprint density at radius 3 is 2.35 bits per heavy atom. The lowest BCUT2D eigenvalue weighted by Gasteiger charge is -2.02. The first kappa shape index (κ1) is 15.2. The monoisotopic (exact) mass is 274 g/mol. The molecule has 3 N–H and O–H groups in total. The highest BCUT2D eigenvalue weighted by molar-refractivity contribution is 5.95. The second kappa shape index (κ2) is 7.59. The Kier molecular flexibility index (Phi) is 5.78. The van der Waals surface area contributed by atoms with E-state index in [2.05, 4.69) is 22.5 Å². The van der Waals surface area contributed by atoms with Gasteiger partial charge in [-0.25, -0.2) is 0 Å². The van der Waals surface area contributed by atoms with Crippen molar-refractivity contribution in [3.05, 3.63) is 35.4 Å². The van der Waals surface area contributed by atoms with E-state index >= 15 is 0 Å². The third-order valence-corrected chi connectivity index (χ3v) is 2.21. The summed E-state index contributed by atoms with van der Waals surface area (Å²) in [7, 11) is 0. The number of hydrogen-bond acceptors (Lipinski definition) is 3. The van der Waals surface area contributed by atoms with E-state index < -0.39 is 18.4 Å². The number of carboxylic acids is 1. The van der Waals surface area contributed by atoms with Gasteiger partial charge in [0.2, 0.25) is 5.91 Å². The topological polar surface area (TPSA) is 95.5 Å². The van der Waals surface area contributed by atoms with Crippen molar-refractivity contribution in [1.82, 2.24) is 10.6 Å². The average molecular weight is 274 g/mol. The Morgan fingerprint density at radius 1 is 1.15 bits per heavy atom. The Hall–Kier alpha value is -2.81. The molecule has 0 aromatic heterocycles. The van der Waals surface area contributed by atoms with Gasteiger partial charge in [-0.1, -0.05) is 11.8 Å². The molecular formula is C14H14N2O4. The minimum atomic E-state index is -1.10. The van der Waals surface area contributed by atoms with E-state index in [0.29, 0.717) is 11.1 Å². The maximum absolute atomic E-state index is 11.5. The van der Waals surface area contributed by atoms with E-state index in [0.717, 1.165) is 0 Å². The molecule has 0 aliphatic carbocycles. The van der Waals surface area contributed by atoms with Gasteiger partial charge in [0.05, 0.1) is 6.54 Å². The van der Waals surface area contributed by atoms with Crippen LogP contribution in [0.5, 0.6) is 0 Å². The molecule has 6 nitrogen and oxygen atoms in total. The first-order chi connectivity index (χ1) is 9.49. The van der Waals surface area contributed by atoms with Gasteiger partial charge < -0.3 is 15.7 Å². The van der Waals surface area contributed by atoms with Crippen LogP contribution in [-0.4, -0.2) is 36.0 Å². The number of benzene rings is 1. The lowest BCUT2D eigenvalue weighted by atomic mass is 10.1. The fraction of sp³-hybridized carbons (Fsp3) is 0.214. The Bertz CT molecular complexity index is 567. The molecule has 1 aromatic carbocycles. The smallest absolute Gasteiger partial charge is 0.322 e. The van der Waals surface area contributed by atoms with Crippen LogP contribution in [0.15, 0.2) is 24.3 Å². The summed E-state index contributed by atoms with van der Waals surface area (Å²) in [6.45, 7) is 1.25. The number of rotatable bonds is 4. The number of aliphatic carboxylic acids is 1. The molecule has 0 radical (unpaired) electrons. The Morgan fingerprint density at radius 2 is 1.80 bits per heavy atom. The second-order valence-electron chi connectivity index (χ2n) is 3.87. The van der Waals surface area contributed by atoms with E-state index in [9.17, 15) is 14.4 Å². The van der Waals surface area contributed by atoms with Gasteiger partial charge in [-0.05, 0) is 24.3 Å². The maximum atomic E-state index is 11.5. The largest absolute Gasteiger partial charge is 0.480 e. The number of amides is 2. The fourth-order valence-corrected chi connectivity index (χ4v) is 1.28. The third-order valence-electron chi connectivity index (χ3n) is 2.21. The third kappa shape index (κ3) is 5.69. The Labute approximate surface area is 116 Å². The predicted octanol–water partition coefficient (Wildman–Crippen LogP) is -0.0114. The van der Waals surface area contributed by atoms with Crippen LogP contribution in [-0.2, 0) is 9.59 Å². The van der Waals surface area contributed by atoms with Crippen molar-refractivity contribution in [2.24, 2.45) is 0 Å². The SMILES string of the molecule is CC(=O)NCC#Cc1ccc(C(=O)NCC(=O)O)cc1. The summed E-state index contributed by atoms with van der Waals surface area (Å²) in [5.74, 6) is 3.89. The van der Waals surface area contributed by atoms with Gasteiger partial charge in [0, 0.05) is 18.1 Å². The summed E-state index contributed by atoms with van der Waals surface area (Å²) < 4.78 is 0. The molecule has 0 spiro atoms. The fourth-order valence-electron chi connectivity index (χ4n) is 1.28. The summed E-state index contributed by atoms with van der Waals surface area (Å²) in [5, 5.41) is 13.3. The zero-order chi connectivity index (χ0) is 15.0. The van der Waals surface area contributed by atoms with Crippen LogP contribution in [0.25, 0.3) is 0 Å². The average Bonchev–Trinajstić information content (AvgIpc) is 2.41. The van der Waals surface area contributed by atoms with Gasteiger partial charge in [-0.3, -0.25) is 14.4 Å². The van der Waals surface area contributed by atoms with Crippen LogP contribution >= 0.6 is 0 Å². The van der Waals surface area contributed by atoms with E-state index in [1.165, 1.54) is 6.92 Å². The highest BCUT2D eigenvalue weighted by Crippen LogP contribution is 2.03. The lowest BCUT2D eigenvalue weighted by Crippen LogP contribution is -2.29. The van der Waals surface area contributed by atoms with Gasteiger partial charge in [0.15, 0.2) is 0 Å². The molecule has 20 heavy (non-hydrogen) atoms. The highest BCUT2D eigenvalue weighted by Gasteiger charge is 2.06. The van der Waals surface area contributed by atoms with Crippen LogP contribution in [0.4, 0.5) is 0 Å². The number of carbonyl (C=O) groups is 3. The maximum Gasteiger partial charge on any atom is 0.322 e. The molecule has 104 valence electrons. The Balaban J connectivity index is 2.57. The van der Waals surface area contributed by atoms with Gasteiger partial charge in [0.1, 0.15) is 6.54 Å². The minimum absolute atomic E-state index is 0.148. The number of nitrogens with one attached hydrogen (secondary N) is 2. The van der Waals surface area contributed by atoms with Gasteiger partial charge in [-0.2, -0.15) is 0 Å². The first-order valence-corrected chi connectivity index (χ1v) is 5.82. The van der Waals surface area contributed by atoms with Crippen LogP contribution in [0.3, 0.4) is 0 Å². The summed E-state index contributed by atoms with van der Waals surface area (Å²) in [5.41, 5.74) is 1.06. The van der Waals surface area contributed by atoms with Gasteiger partial charge in [-0.15, -0.1) is 0 Å². The molecule has 0 aliphatic rings. The van der Waals surface area contributed by atoms with Crippen LogP contribution in [0.2, 0.25) is 0 Å². The lowest BCUT2D eigenvalue weighted by molar-refractivity contribution is -0.135. The molecule has 6 heteroatoms. The molecule has 0 bridgehead atoms. The standard InChI is InChI=1S/C14H14N2O4/c1-10(17)15-8-2-3-11-4-6-12(7-5-11)14(20)16-9-13(18)19/h4-7H,8-9H2,1H3,(H,15,17)(H,16,20)(H,18,19). The van der Waals surface area contributed by atoms with Crippen molar-refractivity contribution >= 4 is 17.8 Å². The zero-order valence-electron chi connectivity index (χ0n) is 10.9. The molecule has 0 atom stereocenters. The predicted molar refractivity (Wildman–Crippen MR) is 72.0 cm³/mol. The van der Waals surface area contributed by atoms with Crippen LogP contribution in [0.1, 0.15) is 22.8 Å². The molecule has 1 rings (SSSR count). The first-order valence-electron chi connectivity index (χ1n) is 5.82. The number of hydrogen-bond donors (Lipinski definition) is 3. The van der Waals surface area contributed by atoms with Crippen molar-refractivity contribution in [3.63, 3.8) is 0 Å². The molecular weight excluding hydrogens is 260 g/mol. The number of carbonyl (C=O) groups excluding carboxylic acids is 2. The summed E-state index contributed by atoms with van der Waals surface area (Å²) >= 11 is 0. The quantitative estimate of drug-likeness (QED) is 0.673. The summed E-state index contributed by atoms with van der Waals surface area (Å²) in [6.07, 6.45) is 0. The van der Waals surface area contributed by atoms with Crippen molar-refractivity contribution in [2.75, 3.05) is 13.1 Å². The van der Waals surface area contributed by atoms with Crippen molar-refractivity contribution in [1.29, 1.82) is 0 Å². The zero-order valence-corrected chi connectivity index (χ0v) is 10.9.